The topological polar surface area (TPSA) is 0 Å². The Kier molecular flexibility index (Phi) is 11.8. The second-order valence-corrected chi connectivity index (χ2v) is 55.2. The van der Waals surface area contributed by atoms with Gasteiger partial charge < -0.3 is 0 Å². The van der Waals surface area contributed by atoms with Crippen molar-refractivity contribution in [2.24, 2.45) is 0 Å². The number of rotatable bonds is 3. The summed E-state index contributed by atoms with van der Waals surface area (Å²) in [7, 11) is 10.9. The van der Waals surface area contributed by atoms with E-state index in [4.69, 9.17) is 17.2 Å². The molecule has 35 heavy (non-hydrogen) atoms. The van der Waals surface area contributed by atoms with Crippen molar-refractivity contribution in [3.63, 3.8) is 0 Å². The van der Waals surface area contributed by atoms with Crippen LogP contribution in [0.5, 0.6) is 0 Å². The molecular formula is C31H30Cl2GeHf-2. The van der Waals surface area contributed by atoms with Gasteiger partial charge in [0.15, 0.2) is 0 Å². The van der Waals surface area contributed by atoms with Crippen molar-refractivity contribution in [1.29, 1.82) is 0 Å². The van der Waals surface area contributed by atoms with Crippen LogP contribution in [0.15, 0.2) is 127 Å². The normalized spacial score (nSPS) is 9.86. The van der Waals surface area contributed by atoms with Gasteiger partial charge in [-0.3, -0.25) is 0 Å². The van der Waals surface area contributed by atoms with E-state index >= 15 is 0 Å². The van der Waals surface area contributed by atoms with E-state index in [9.17, 15) is 0 Å². The number of aryl methyl sites for hydroxylation is 2. The molecule has 0 spiro atoms. The molecule has 0 N–H and O–H groups in total. The van der Waals surface area contributed by atoms with Crippen LogP contribution < -0.4 is 4.40 Å². The molecule has 0 aliphatic heterocycles. The van der Waals surface area contributed by atoms with Crippen LogP contribution in [0.25, 0.3) is 22.3 Å². The molecular weight excluding hydrogens is 694 g/mol. The Morgan fingerprint density at radius 1 is 0.571 bits per heavy atom. The summed E-state index contributed by atoms with van der Waals surface area (Å²) in [6.45, 7) is 4.28. The van der Waals surface area contributed by atoms with Crippen molar-refractivity contribution in [3.8, 4) is 22.3 Å². The molecule has 4 heteroatoms. The average Bonchev–Trinajstić information content (AvgIpc) is 3.53. The fourth-order valence-corrected chi connectivity index (χ4v) is 22.1. The summed E-state index contributed by atoms with van der Waals surface area (Å²) < 4.78 is 1.44. The standard InChI is InChI=1S/2C12H11.C7H8Ge.2ClH.Hf/c2*1-10-6-5-9-12(10)11-7-3-2-4-8-11;1-8-7-5-3-2-4-6-7;;;/h2*2-9H,1H3;2-6H,1H3;2*1H;/q2*-1;;;;+2/p-2. The van der Waals surface area contributed by atoms with E-state index in [1.54, 1.807) is 0 Å². The van der Waals surface area contributed by atoms with Crippen LogP contribution in [-0.4, -0.2) is 10.1 Å². The summed E-state index contributed by atoms with van der Waals surface area (Å²) in [5.41, 5.74) is 7.99. The third-order valence-electron chi connectivity index (χ3n) is 5.73. The van der Waals surface area contributed by atoms with Gasteiger partial charge in [0.2, 0.25) is 0 Å². The van der Waals surface area contributed by atoms with Crippen molar-refractivity contribution in [3.05, 3.63) is 139 Å². The molecule has 178 valence electrons. The molecule has 5 rings (SSSR count). The van der Waals surface area contributed by atoms with Gasteiger partial charge in [0.1, 0.15) is 0 Å². The Bertz CT molecular complexity index is 1240. The van der Waals surface area contributed by atoms with Crippen LogP contribution >= 0.6 is 17.2 Å². The SMILES string of the molecule is Cc1[cH-]ccc1-c1ccccc1.Cc1[cH-]ccc1-c1ccccc1.[CH3][Ge]([c]1ccccc1)=[Hf]([Cl])[Cl]. The van der Waals surface area contributed by atoms with Crippen molar-refractivity contribution in [2.45, 2.75) is 19.6 Å². The molecule has 5 aromatic rings. The van der Waals surface area contributed by atoms with Crippen LogP contribution in [0, 0.1) is 13.8 Å². The van der Waals surface area contributed by atoms with Crippen LogP contribution in [-0.2, 0) is 16.0 Å². The second kappa shape index (κ2) is 14.8. The summed E-state index contributed by atoms with van der Waals surface area (Å²) in [6, 6.07) is 44.2. The van der Waals surface area contributed by atoms with E-state index in [1.165, 1.54) is 37.8 Å². The molecule has 0 unspecified atom stereocenters. The van der Waals surface area contributed by atoms with Gasteiger partial charge in [0.25, 0.3) is 0 Å². The zero-order chi connectivity index (χ0) is 25.0. The third kappa shape index (κ3) is 8.75. The fourth-order valence-electron chi connectivity index (χ4n) is 3.70. The minimum atomic E-state index is -2.03. The Morgan fingerprint density at radius 3 is 1.26 bits per heavy atom. The van der Waals surface area contributed by atoms with Crippen molar-refractivity contribution < 1.29 is 16.0 Å². The van der Waals surface area contributed by atoms with E-state index in [1.807, 2.05) is 18.2 Å². The molecule has 0 aromatic heterocycles. The number of hydrogen-bond donors (Lipinski definition) is 0. The fraction of sp³-hybridized carbons (Fsp3) is 0.0968. The van der Waals surface area contributed by atoms with E-state index < -0.39 is 26.0 Å². The molecule has 0 atom stereocenters. The number of hydrogen-bond acceptors (Lipinski definition) is 0. The first-order valence-electron chi connectivity index (χ1n) is 11.6. The first-order valence-corrected chi connectivity index (χ1v) is 34.0. The van der Waals surface area contributed by atoms with E-state index in [0.29, 0.717) is 0 Å². The van der Waals surface area contributed by atoms with Crippen LogP contribution in [0.3, 0.4) is 0 Å². The van der Waals surface area contributed by atoms with Gasteiger partial charge in [-0.1, -0.05) is 85.6 Å². The summed E-state index contributed by atoms with van der Waals surface area (Å²) in [5.74, 6) is 2.28. The molecule has 0 radical (unpaired) electrons. The van der Waals surface area contributed by atoms with Gasteiger partial charge in [0, 0.05) is 0 Å². The maximum atomic E-state index is 6.02. The van der Waals surface area contributed by atoms with Gasteiger partial charge in [-0.15, -0.1) is 0 Å². The van der Waals surface area contributed by atoms with Crippen LogP contribution in [0.1, 0.15) is 11.1 Å². The van der Waals surface area contributed by atoms with Crippen molar-refractivity contribution in [2.75, 3.05) is 0 Å². The zero-order valence-corrected chi connectivity index (χ0v) is 27.6. The third-order valence-corrected chi connectivity index (χ3v) is 49.5. The Hall–Kier alpha value is -1.65. The molecule has 0 aliphatic carbocycles. The molecule has 5 aromatic carbocycles. The Balaban J connectivity index is 0.000000147. The van der Waals surface area contributed by atoms with Crippen molar-refractivity contribution in [1.82, 2.24) is 0 Å². The van der Waals surface area contributed by atoms with Gasteiger partial charge in [0.05, 0.1) is 0 Å². The minimum absolute atomic E-state index is 1.15. The quantitative estimate of drug-likeness (QED) is 0.129. The summed E-state index contributed by atoms with van der Waals surface area (Å²) in [5, 5.41) is 0. The van der Waals surface area contributed by atoms with Crippen LogP contribution in [0.4, 0.5) is 0 Å². The van der Waals surface area contributed by atoms with Gasteiger partial charge in [-0.2, -0.15) is 46.5 Å². The average molecular weight is 725 g/mol. The molecule has 0 fully saturated rings. The first kappa shape index (κ1) is 27.9. The molecule has 0 aliphatic rings. The summed E-state index contributed by atoms with van der Waals surface area (Å²) >= 11 is -2.03. The van der Waals surface area contributed by atoms with E-state index in [-0.39, 0.29) is 0 Å². The van der Waals surface area contributed by atoms with Gasteiger partial charge in [-0.05, 0) is 0 Å². The molecule has 0 saturated heterocycles. The monoisotopic (exact) mass is 726 g/mol. The summed E-state index contributed by atoms with van der Waals surface area (Å²) in [4.78, 5) is 0. The number of benzene rings is 3. The molecule has 0 nitrogen and oxygen atoms in total. The Labute approximate surface area is 226 Å². The van der Waals surface area contributed by atoms with Crippen LogP contribution in [0.2, 0.25) is 5.76 Å². The maximum absolute atomic E-state index is 6.02. The zero-order valence-electron chi connectivity index (χ0n) is 20.4. The molecule has 0 amide bonds. The predicted octanol–water partition coefficient (Wildman–Crippen LogP) is 9.20. The second-order valence-electron chi connectivity index (χ2n) is 8.23. The first-order chi connectivity index (χ1) is 17.0. The molecule has 0 saturated carbocycles. The van der Waals surface area contributed by atoms with E-state index in [2.05, 4.69) is 129 Å². The molecule has 0 heterocycles. The van der Waals surface area contributed by atoms with Crippen molar-refractivity contribution >= 4 is 31.6 Å². The predicted molar refractivity (Wildman–Crippen MR) is 154 cm³/mol. The molecule has 0 bridgehead atoms. The Morgan fingerprint density at radius 2 is 0.943 bits per heavy atom. The van der Waals surface area contributed by atoms with Gasteiger partial charge >= 0.3 is 83.7 Å². The van der Waals surface area contributed by atoms with Gasteiger partial charge in [-0.25, -0.2) is 12.1 Å². The summed E-state index contributed by atoms with van der Waals surface area (Å²) in [6.07, 6.45) is 0. The van der Waals surface area contributed by atoms with E-state index in [0.717, 1.165) is 0 Å². The number of halogens is 2.